The van der Waals surface area contributed by atoms with E-state index in [1.807, 2.05) is 29.2 Å². The number of aliphatic hydroxyl groups excluding tert-OH is 1. The summed E-state index contributed by atoms with van der Waals surface area (Å²) in [4.78, 5) is 22.9. The SMILES string of the molecule is C[C@@H]1CN(c2cccc(N3CC4(CCC5(CC5)CC4)c4cc(NS(=O)(=O)CCO)ccc4C3=O)n2)CCO1. The number of rotatable bonds is 6. The summed E-state index contributed by atoms with van der Waals surface area (Å²) >= 11 is 0. The summed E-state index contributed by atoms with van der Waals surface area (Å²) in [5.41, 5.74) is 2.17. The minimum absolute atomic E-state index is 0.109. The van der Waals surface area contributed by atoms with Crippen molar-refractivity contribution in [3.63, 3.8) is 0 Å². The highest BCUT2D eigenvalue weighted by Gasteiger charge is 2.53. The van der Waals surface area contributed by atoms with Crippen LogP contribution in [0.1, 0.15) is 61.4 Å². The van der Waals surface area contributed by atoms with E-state index in [9.17, 15) is 13.2 Å². The van der Waals surface area contributed by atoms with E-state index in [0.717, 1.165) is 50.2 Å². The van der Waals surface area contributed by atoms with Gasteiger partial charge in [-0.3, -0.25) is 14.4 Å². The summed E-state index contributed by atoms with van der Waals surface area (Å²) in [5, 5.41) is 9.13. The molecule has 204 valence electrons. The third kappa shape index (κ3) is 4.78. The molecule has 3 heterocycles. The fraction of sp³-hybridized carbons (Fsp3) is 0.571. The number of ether oxygens (including phenoxy) is 1. The van der Waals surface area contributed by atoms with E-state index in [1.54, 1.807) is 12.1 Å². The Bertz CT molecular complexity index is 1330. The zero-order chi connectivity index (χ0) is 26.5. The fourth-order valence-electron chi connectivity index (χ4n) is 6.50. The molecular formula is C28H36N4O5S. The standard InChI is InChI=1S/C28H36N4O5S/c1-20-18-31(13-15-37-20)24-3-2-4-25(29-24)32-19-28(11-9-27(7-8-27)10-12-28)23-17-21(5-6-22(23)26(32)34)30-38(35,36)16-14-33/h2-6,17,20,30,33H,7-16,18-19H2,1H3/t20-/m1/s1. The van der Waals surface area contributed by atoms with E-state index in [2.05, 4.69) is 16.5 Å². The number of amides is 1. The molecule has 38 heavy (non-hydrogen) atoms. The summed E-state index contributed by atoms with van der Waals surface area (Å²) in [5.74, 6) is 1.02. The van der Waals surface area contributed by atoms with E-state index in [0.29, 0.717) is 35.6 Å². The number of carbonyl (C=O) groups is 1. The molecule has 2 aromatic rings. The molecule has 2 aliphatic carbocycles. The lowest BCUT2D eigenvalue weighted by Gasteiger charge is -2.47. The molecule has 2 saturated carbocycles. The average Bonchev–Trinajstić information content (AvgIpc) is 3.67. The normalized spacial score (nSPS) is 23.9. The number of hydrogen-bond acceptors (Lipinski definition) is 7. The lowest BCUT2D eigenvalue weighted by molar-refractivity contribution is 0.0529. The number of hydrogen-bond donors (Lipinski definition) is 2. The Morgan fingerprint density at radius 3 is 2.55 bits per heavy atom. The number of fused-ring (bicyclic) bond motifs is 2. The lowest BCUT2D eigenvalue weighted by atomic mass is 9.62. The van der Waals surface area contributed by atoms with Crippen LogP contribution in [0.2, 0.25) is 0 Å². The molecule has 10 heteroatoms. The van der Waals surface area contributed by atoms with Crippen molar-refractivity contribution in [2.45, 2.75) is 57.0 Å². The number of nitrogens with one attached hydrogen (secondary N) is 1. The summed E-state index contributed by atoms with van der Waals surface area (Å²) in [7, 11) is -3.67. The van der Waals surface area contributed by atoms with Crippen molar-refractivity contribution in [1.82, 2.24) is 4.98 Å². The van der Waals surface area contributed by atoms with Crippen LogP contribution in [0.5, 0.6) is 0 Å². The predicted octanol–water partition coefficient (Wildman–Crippen LogP) is 3.29. The number of sulfonamides is 1. The smallest absolute Gasteiger partial charge is 0.259 e. The molecule has 1 aromatic heterocycles. The third-order valence-electron chi connectivity index (χ3n) is 8.95. The number of aliphatic hydroxyl groups is 1. The molecule has 3 fully saturated rings. The molecule has 0 bridgehead atoms. The van der Waals surface area contributed by atoms with Crippen molar-refractivity contribution in [1.29, 1.82) is 0 Å². The first-order valence-corrected chi connectivity index (χ1v) is 15.3. The highest BCUT2D eigenvalue weighted by Crippen LogP contribution is 2.61. The second-order valence-corrected chi connectivity index (χ2v) is 13.4. The Hall–Kier alpha value is -2.69. The average molecular weight is 541 g/mol. The van der Waals surface area contributed by atoms with Crippen LogP contribution < -0.4 is 14.5 Å². The number of nitrogens with zero attached hydrogens (tertiary/aromatic N) is 3. The molecule has 2 N–H and O–H groups in total. The maximum atomic E-state index is 13.9. The van der Waals surface area contributed by atoms with Crippen LogP contribution in [0.25, 0.3) is 0 Å². The monoisotopic (exact) mass is 540 g/mol. The lowest BCUT2D eigenvalue weighted by Crippen LogP contribution is -2.52. The molecule has 2 aliphatic heterocycles. The van der Waals surface area contributed by atoms with E-state index < -0.39 is 16.6 Å². The van der Waals surface area contributed by atoms with Crippen LogP contribution in [0, 0.1) is 5.41 Å². The minimum atomic E-state index is -3.67. The summed E-state index contributed by atoms with van der Waals surface area (Å²) in [6.07, 6.45) is 6.83. The van der Waals surface area contributed by atoms with E-state index in [1.165, 1.54) is 12.8 Å². The van der Waals surface area contributed by atoms with Crippen molar-refractivity contribution in [2.75, 3.05) is 53.1 Å². The van der Waals surface area contributed by atoms with Gasteiger partial charge < -0.3 is 14.7 Å². The molecule has 6 rings (SSSR count). The molecule has 1 amide bonds. The first-order chi connectivity index (χ1) is 18.2. The van der Waals surface area contributed by atoms with Crippen LogP contribution in [-0.4, -0.2) is 69.1 Å². The molecule has 1 saturated heterocycles. The van der Waals surface area contributed by atoms with Crippen molar-refractivity contribution in [3.05, 3.63) is 47.5 Å². The van der Waals surface area contributed by atoms with Crippen molar-refractivity contribution in [3.8, 4) is 0 Å². The van der Waals surface area contributed by atoms with Crippen LogP contribution in [-0.2, 0) is 20.2 Å². The Labute approximate surface area is 224 Å². The van der Waals surface area contributed by atoms with Gasteiger partial charge in [0.1, 0.15) is 11.6 Å². The summed E-state index contributed by atoms with van der Waals surface area (Å²) in [6.45, 7) is 4.30. The van der Waals surface area contributed by atoms with Gasteiger partial charge in [-0.2, -0.15) is 0 Å². The maximum absolute atomic E-state index is 13.9. The van der Waals surface area contributed by atoms with Gasteiger partial charge in [0, 0.05) is 36.3 Å². The van der Waals surface area contributed by atoms with E-state index >= 15 is 0 Å². The van der Waals surface area contributed by atoms with Gasteiger partial charge in [-0.25, -0.2) is 13.4 Å². The van der Waals surface area contributed by atoms with Gasteiger partial charge in [0.15, 0.2) is 0 Å². The summed E-state index contributed by atoms with van der Waals surface area (Å²) < 4.78 is 33.0. The van der Waals surface area contributed by atoms with Gasteiger partial charge in [-0.1, -0.05) is 6.07 Å². The number of aromatic nitrogens is 1. The second kappa shape index (κ2) is 9.50. The Morgan fingerprint density at radius 2 is 1.84 bits per heavy atom. The van der Waals surface area contributed by atoms with Gasteiger partial charge in [0.05, 0.1) is 25.1 Å². The van der Waals surface area contributed by atoms with Gasteiger partial charge in [-0.15, -0.1) is 0 Å². The topological polar surface area (TPSA) is 112 Å². The number of benzene rings is 1. The predicted molar refractivity (Wildman–Crippen MR) is 146 cm³/mol. The highest BCUT2D eigenvalue weighted by atomic mass is 32.2. The molecule has 0 unspecified atom stereocenters. The van der Waals surface area contributed by atoms with E-state index in [4.69, 9.17) is 14.8 Å². The molecule has 0 radical (unpaired) electrons. The zero-order valence-corrected chi connectivity index (χ0v) is 22.7. The molecule has 1 aromatic carbocycles. The molecule has 1 atom stereocenters. The quantitative estimate of drug-likeness (QED) is 0.578. The zero-order valence-electron chi connectivity index (χ0n) is 21.9. The maximum Gasteiger partial charge on any atom is 0.259 e. The molecule has 2 spiro atoms. The first-order valence-electron chi connectivity index (χ1n) is 13.6. The Kier molecular flexibility index (Phi) is 6.39. The summed E-state index contributed by atoms with van der Waals surface area (Å²) in [6, 6.07) is 11.1. The highest BCUT2D eigenvalue weighted by molar-refractivity contribution is 7.92. The van der Waals surface area contributed by atoms with Crippen LogP contribution in [0.4, 0.5) is 17.3 Å². The van der Waals surface area contributed by atoms with Crippen LogP contribution >= 0.6 is 0 Å². The first kappa shape index (κ1) is 25.6. The Morgan fingerprint density at radius 1 is 1.11 bits per heavy atom. The van der Waals surface area contributed by atoms with Gasteiger partial charge in [0.2, 0.25) is 10.0 Å². The second-order valence-electron chi connectivity index (χ2n) is 11.6. The molecule has 9 nitrogen and oxygen atoms in total. The van der Waals surface area contributed by atoms with Crippen LogP contribution in [0.15, 0.2) is 36.4 Å². The van der Waals surface area contributed by atoms with Crippen molar-refractivity contribution in [2.24, 2.45) is 5.41 Å². The largest absolute Gasteiger partial charge is 0.395 e. The fourth-order valence-corrected chi connectivity index (χ4v) is 7.33. The number of carbonyl (C=O) groups excluding carboxylic acids is 1. The van der Waals surface area contributed by atoms with E-state index in [-0.39, 0.29) is 23.2 Å². The van der Waals surface area contributed by atoms with Crippen molar-refractivity contribution < 1.29 is 23.1 Å². The number of anilines is 3. The van der Waals surface area contributed by atoms with Gasteiger partial charge in [0.25, 0.3) is 5.91 Å². The third-order valence-corrected chi connectivity index (χ3v) is 10.2. The minimum Gasteiger partial charge on any atom is -0.395 e. The number of morpholine rings is 1. The Balaban J connectivity index is 1.36. The van der Waals surface area contributed by atoms with Crippen molar-refractivity contribution >= 4 is 33.3 Å². The van der Waals surface area contributed by atoms with Gasteiger partial charge in [-0.05, 0) is 86.8 Å². The molecular weight excluding hydrogens is 504 g/mol. The molecule has 4 aliphatic rings. The van der Waals surface area contributed by atoms with Crippen LogP contribution in [0.3, 0.4) is 0 Å². The number of pyridine rings is 1. The van der Waals surface area contributed by atoms with Gasteiger partial charge >= 0.3 is 0 Å².